The number of furan rings is 1. The maximum Gasteiger partial charge on any atom is 0.287 e. The lowest BCUT2D eigenvalue weighted by Gasteiger charge is -1.98. The second kappa shape index (κ2) is 5.92. The molecule has 0 saturated heterocycles. The summed E-state index contributed by atoms with van der Waals surface area (Å²) in [6.07, 6.45) is 0. The highest BCUT2D eigenvalue weighted by atomic mass is 79.9. The van der Waals surface area contributed by atoms with Crippen molar-refractivity contribution in [2.75, 3.05) is 0 Å². The van der Waals surface area contributed by atoms with E-state index in [0.29, 0.717) is 16.5 Å². The molecule has 106 valence electrons. The highest BCUT2D eigenvalue weighted by Gasteiger charge is 2.13. The Morgan fingerprint density at radius 3 is 2.62 bits per heavy atom. The summed E-state index contributed by atoms with van der Waals surface area (Å²) >= 11 is 3.14. The molecule has 21 heavy (non-hydrogen) atoms. The first kappa shape index (κ1) is 13.6. The molecule has 0 aliphatic heterocycles. The Kier molecular flexibility index (Phi) is 3.83. The second-order valence-corrected chi connectivity index (χ2v) is 4.93. The molecule has 0 saturated carbocycles. The van der Waals surface area contributed by atoms with Gasteiger partial charge in [-0.1, -0.05) is 18.2 Å². The van der Waals surface area contributed by atoms with Crippen LogP contribution in [0.15, 0.2) is 56.0 Å². The summed E-state index contributed by atoms with van der Waals surface area (Å²) in [5.74, 6) is 0.609. The molecule has 1 N–H and O–H groups in total. The van der Waals surface area contributed by atoms with Gasteiger partial charge in [0.15, 0.2) is 10.4 Å². The number of benzene rings is 1. The molecular weight excluding hydrogens is 338 g/mol. The van der Waals surface area contributed by atoms with Crippen LogP contribution >= 0.6 is 15.9 Å². The first-order valence-corrected chi connectivity index (χ1v) is 6.93. The molecule has 0 aliphatic carbocycles. The van der Waals surface area contributed by atoms with Gasteiger partial charge in [0.1, 0.15) is 0 Å². The van der Waals surface area contributed by atoms with E-state index in [1.165, 1.54) is 0 Å². The first-order valence-electron chi connectivity index (χ1n) is 6.14. The van der Waals surface area contributed by atoms with Crippen molar-refractivity contribution in [3.8, 4) is 11.5 Å². The zero-order valence-corrected chi connectivity index (χ0v) is 12.3. The SMILES string of the molecule is O=C(NCc1nnc(-c2ccccc2)o1)c1ccc(Br)o1. The number of halogens is 1. The van der Waals surface area contributed by atoms with E-state index in [2.05, 4.69) is 31.4 Å². The van der Waals surface area contributed by atoms with Crippen LogP contribution in [0.5, 0.6) is 0 Å². The fraction of sp³-hybridized carbons (Fsp3) is 0.0714. The largest absolute Gasteiger partial charge is 0.444 e. The smallest absolute Gasteiger partial charge is 0.287 e. The lowest BCUT2D eigenvalue weighted by Crippen LogP contribution is -2.22. The van der Waals surface area contributed by atoms with Crippen LogP contribution in [0, 0.1) is 0 Å². The van der Waals surface area contributed by atoms with Crippen molar-refractivity contribution in [1.29, 1.82) is 0 Å². The number of hydrogen-bond donors (Lipinski definition) is 1. The van der Waals surface area contributed by atoms with E-state index >= 15 is 0 Å². The second-order valence-electron chi connectivity index (χ2n) is 4.15. The molecule has 0 atom stereocenters. The maximum absolute atomic E-state index is 11.8. The monoisotopic (exact) mass is 347 g/mol. The summed E-state index contributed by atoms with van der Waals surface area (Å²) in [4.78, 5) is 11.8. The number of aromatic nitrogens is 2. The summed E-state index contributed by atoms with van der Waals surface area (Å²) in [5, 5.41) is 10.5. The molecule has 0 aliphatic rings. The number of nitrogens with one attached hydrogen (secondary N) is 1. The first-order chi connectivity index (χ1) is 10.2. The molecule has 0 spiro atoms. The van der Waals surface area contributed by atoms with Crippen molar-refractivity contribution in [3.63, 3.8) is 0 Å². The number of carbonyl (C=O) groups is 1. The standard InChI is InChI=1S/C14H10BrN3O3/c15-11-7-6-10(20-11)13(19)16-8-12-17-18-14(21-12)9-4-2-1-3-5-9/h1-7H,8H2,(H,16,19). The van der Waals surface area contributed by atoms with Gasteiger partial charge in [-0.05, 0) is 40.2 Å². The van der Waals surface area contributed by atoms with Crippen molar-refractivity contribution in [2.45, 2.75) is 6.54 Å². The van der Waals surface area contributed by atoms with E-state index in [0.717, 1.165) is 5.56 Å². The Hall–Kier alpha value is -2.41. The molecule has 0 bridgehead atoms. The van der Waals surface area contributed by atoms with Crippen molar-refractivity contribution in [2.24, 2.45) is 0 Å². The number of hydrogen-bond acceptors (Lipinski definition) is 5. The Morgan fingerprint density at radius 2 is 1.90 bits per heavy atom. The van der Waals surface area contributed by atoms with Gasteiger partial charge in [-0.15, -0.1) is 10.2 Å². The zero-order chi connectivity index (χ0) is 14.7. The minimum atomic E-state index is -0.347. The third-order valence-electron chi connectivity index (χ3n) is 2.68. The summed E-state index contributed by atoms with van der Waals surface area (Å²) < 4.78 is 11.1. The van der Waals surface area contributed by atoms with Gasteiger partial charge in [0, 0.05) is 5.56 Å². The number of rotatable bonds is 4. The Labute approximate surface area is 128 Å². The van der Waals surface area contributed by atoms with Gasteiger partial charge in [0.25, 0.3) is 5.91 Å². The van der Waals surface area contributed by atoms with Gasteiger partial charge < -0.3 is 14.2 Å². The third-order valence-corrected chi connectivity index (χ3v) is 3.11. The van der Waals surface area contributed by atoms with Crippen LogP contribution in [0.4, 0.5) is 0 Å². The van der Waals surface area contributed by atoms with E-state index in [1.54, 1.807) is 12.1 Å². The van der Waals surface area contributed by atoms with Gasteiger partial charge in [-0.3, -0.25) is 4.79 Å². The Bertz CT molecular complexity index is 752. The molecule has 6 nitrogen and oxygen atoms in total. The number of nitrogens with zero attached hydrogens (tertiary/aromatic N) is 2. The van der Waals surface area contributed by atoms with E-state index in [4.69, 9.17) is 8.83 Å². The van der Waals surface area contributed by atoms with Crippen LogP contribution in [-0.2, 0) is 6.54 Å². The van der Waals surface area contributed by atoms with Crippen LogP contribution in [0.3, 0.4) is 0 Å². The van der Waals surface area contributed by atoms with Crippen molar-refractivity contribution >= 4 is 21.8 Å². The molecule has 0 radical (unpaired) electrons. The summed E-state index contributed by atoms with van der Waals surface area (Å²) in [6.45, 7) is 0.136. The average molecular weight is 348 g/mol. The third kappa shape index (κ3) is 3.19. The minimum Gasteiger partial charge on any atom is -0.444 e. The average Bonchev–Trinajstić information content (AvgIpc) is 3.15. The van der Waals surface area contributed by atoms with Crippen molar-refractivity contribution in [1.82, 2.24) is 15.5 Å². The predicted octanol–water partition coefficient (Wildman–Crippen LogP) is 3.02. The molecule has 3 rings (SSSR count). The van der Waals surface area contributed by atoms with Gasteiger partial charge >= 0.3 is 0 Å². The zero-order valence-electron chi connectivity index (χ0n) is 10.7. The summed E-state index contributed by atoms with van der Waals surface area (Å²) in [5.41, 5.74) is 0.831. The van der Waals surface area contributed by atoms with E-state index in [1.807, 2.05) is 30.3 Å². The molecule has 0 unspecified atom stereocenters. The van der Waals surface area contributed by atoms with Gasteiger partial charge in [-0.2, -0.15) is 0 Å². The molecule has 2 heterocycles. The van der Waals surface area contributed by atoms with Crippen molar-refractivity contribution < 1.29 is 13.6 Å². The molecule has 1 aromatic carbocycles. The van der Waals surface area contributed by atoms with Crippen LogP contribution in [0.25, 0.3) is 11.5 Å². The quantitative estimate of drug-likeness (QED) is 0.784. The maximum atomic E-state index is 11.8. The lowest BCUT2D eigenvalue weighted by atomic mass is 10.2. The highest BCUT2D eigenvalue weighted by Crippen LogP contribution is 2.17. The fourth-order valence-electron chi connectivity index (χ4n) is 1.70. The molecule has 0 fully saturated rings. The Morgan fingerprint density at radius 1 is 1.10 bits per heavy atom. The predicted molar refractivity (Wildman–Crippen MR) is 77.3 cm³/mol. The van der Waals surface area contributed by atoms with Gasteiger partial charge in [0.2, 0.25) is 11.8 Å². The van der Waals surface area contributed by atoms with Crippen LogP contribution in [0.1, 0.15) is 16.4 Å². The topological polar surface area (TPSA) is 81.2 Å². The molecule has 2 aromatic heterocycles. The fourth-order valence-corrected chi connectivity index (χ4v) is 2.01. The molecule has 1 amide bonds. The number of carbonyl (C=O) groups excluding carboxylic acids is 1. The van der Waals surface area contributed by atoms with Crippen LogP contribution in [-0.4, -0.2) is 16.1 Å². The van der Waals surface area contributed by atoms with Crippen molar-refractivity contribution in [3.05, 3.63) is 58.8 Å². The minimum absolute atomic E-state index is 0.136. The summed E-state index contributed by atoms with van der Waals surface area (Å²) in [6, 6.07) is 12.6. The van der Waals surface area contributed by atoms with Gasteiger partial charge in [-0.25, -0.2) is 0 Å². The molecule has 3 aromatic rings. The molecule has 7 heteroatoms. The Balaban J connectivity index is 1.64. The van der Waals surface area contributed by atoms with Crippen LogP contribution in [0.2, 0.25) is 0 Å². The van der Waals surface area contributed by atoms with E-state index in [-0.39, 0.29) is 18.2 Å². The van der Waals surface area contributed by atoms with Crippen LogP contribution < -0.4 is 5.32 Å². The van der Waals surface area contributed by atoms with Gasteiger partial charge in [0.05, 0.1) is 6.54 Å². The summed E-state index contributed by atoms with van der Waals surface area (Å²) in [7, 11) is 0. The lowest BCUT2D eigenvalue weighted by molar-refractivity contribution is 0.0918. The number of amides is 1. The molecular formula is C14H10BrN3O3. The van der Waals surface area contributed by atoms with E-state index in [9.17, 15) is 4.79 Å². The highest BCUT2D eigenvalue weighted by molar-refractivity contribution is 9.10. The normalized spacial score (nSPS) is 10.5. The van der Waals surface area contributed by atoms with E-state index < -0.39 is 0 Å².